The molecule has 1 aromatic rings. The summed E-state index contributed by atoms with van der Waals surface area (Å²) >= 11 is 3.33. The van der Waals surface area contributed by atoms with Crippen LogP contribution in [0.5, 0.6) is 0 Å². The summed E-state index contributed by atoms with van der Waals surface area (Å²) in [6.07, 6.45) is 3.79. The molecule has 1 aliphatic rings. The van der Waals surface area contributed by atoms with Crippen LogP contribution in [-0.4, -0.2) is 18.5 Å². The molecule has 98 valence electrons. The van der Waals surface area contributed by atoms with Gasteiger partial charge in [-0.05, 0) is 30.4 Å². The number of nitrogens with zero attached hydrogens (tertiary/aromatic N) is 2. The Morgan fingerprint density at radius 1 is 1.50 bits per heavy atom. The maximum Gasteiger partial charge on any atom is 0.292 e. The van der Waals surface area contributed by atoms with Crippen molar-refractivity contribution < 1.29 is 4.92 Å². The van der Waals surface area contributed by atoms with Crippen molar-refractivity contribution in [3.8, 4) is 0 Å². The summed E-state index contributed by atoms with van der Waals surface area (Å²) in [5, 5.41) is 11.8. The maximum atomic E-state index is 11.1. The Labute approximate surface area is 115 Å². The molecular formula is C13H17BrN2O2. The van der Waals surface area contributed by atoms with E-state index in [1.54, 1.807) is 6.07 Å². The smallest absolute Gasteiger partial charge is 0.292 e. The third-order valence-electron chi connectivity index (χ3n) is 3.56. The van der Waals surface area contributed by atoms with Gasteiger partial charge in [0.05, 0.1) is 4.92 Å². The summed E-state index contributed by atoms with van der Waals surface area (Å²) in [4.78, 5) is 12.8. The van der Waals surface area contributed by atoms with E-state index in [1.165, 1.54) is 19.3 Å². The van der Waals surface area contributed by atoms with Crippen LogP contribution < -0.4 is 4.90 Å². The fraction of sp³-hybridized carbons (Fsp3) is 0.538. The fourth-order valence-electron chi connectivity index (χ4n) is 2.28. The van der Waals surface area contributed by atoms with Gasteiger partial charge in [-0.2, -0.15) is 0 Å². The summed E-state index contributed by atoms with van der Waals surface area (Å²) in [6, 6.07) is 5.45. The Hall–Kier alpha value is -1.10. The van der Waals surface area contributed by atoms with Crippen molar-refractivity contribution in [2.75, 3.05) is 18.5 Å². The Kier molecular flexibility index (Phi) is 4.22. The number of halogens is 1. The Balaban J connectivity index is 2.21. The number of hydrogen-bond acceptors (Lipinski definition) is 3. The van der Waals surface area contributed by atoms with Gasteiger partial charge in [0, 0.05) is 25.0 Å². The van der Waals surface area contributed by atoms with Crippen LogP contribution in [0.15, 0.2) is 18.2 Å². The van der Waals surface area contributed by atoms with E-state index in [4.69, 9.17) is 0 Å². The molecule has 0 aromatic heterocycles. The normalized spacial score (nSPS) is 15.2. The van der Waals surface area contributed by atoms with Crippen molar-refractivity contribution in [2.24, 2.45) is 5.92 Å². The van der Waals surface area contributed by atoms with E-state index in [0.717, 1.165) is 17.8 Å². The molecule has 1 aromatic carbocycles. The Morgan fingerprint density at radius 2 is 2.22 bits per heavy atom. The molecule has 0 N–H and O–H groups in total. The predicted molar refractivity (Wildman–Crippen MR) is 76.3 cm³/mol. The van der Waals surface area contributed by atoms with Gasteiger partial charge in [0.2, 0.25) is 0 Å². The summed E-state index contributed by atoms with van der Waals surface area (Å²) in [7, 11) is 1.94. The van der Waals surface area contributed by atoms with E-state index >= 15 is 0 Å². The van der Waals surface area contributed by atoms with Gasteiger partial charge < -0.3 is 4.90 Å². The minimum absolute atomic E-state index is 0.203. The number of nitro benzene ring substituents is 1. The number of rotatable bonds is 5. The van der Waals surface area contributed by atoms with Crippen molar-refractivity contribution in [2.45, 2.75) is 24.6 Å². The van der Waals surface area contributed by atoms with E-state index in [9.17, 15) is 10.1 Å². The number of alkyl halides is 1. The van der Waals surface area contributed by atoms with Crippen LogP contribution in [-0.2, 0) is 5.33 Å². The zero-order chi connectivity index (χ0) is 13.1. The van der Waals surface area contributed by atoms with Crippen molar-refractivity contribution in [1.82, 2.24) is 0 Å². The Bertz CT molecular complexity index is 447. The van der Waals surface area contributed by atoms with Crippen molar-refractivity contribution in [1.29, 1.82) is 0 Å². The Morgan fingerprint density at radius 3 is 2.72 bits per heavy atom. The van der Waals surface area contributed by atoms with Gasteiger partial charge in [-0.15, -0.1) is 0 Å². The minimum atomic E-state index is -0.293. The van der Waals surface area contributed by atoms with E-state index in [2.05, 4.69) is 15.9 Å². The number of anilines is 1. The fourth-order valence-corrected chi connectivity index (χ4v) is 2.63. The van der Waals surface area contributed by atoms with Gasteiger partial charge in [0.1, 0.15) is 5.69 Å². The molecule has 4 nitrogen and oxygen atoms in total. The zero-order valence-corrected chi connectivity index (χ0v) is 12.0. The topological polar surface area (TPSA) is 46.4 Å². The average molecular weight is 313 g/mol. The van der Waals surface area contributed by atoms with Crippen LogP contribution in [0.2, 0.25) is 0 Å². The molecule has 0 aliphatic heterocycles. The summed E-state index contributed by atoms with van der Waals surface area (Å²) in [5.41, 5.74) is 1.85. The van der Waals surface area contributed by atoms with E-state index in [0.29, 0.717) is 11.2 Å². The lowest BCUT2D eigenvalue weighted by Crippen LogP contribution is -2.29. The van der Waals surface area contributed by atoms with Gasteiger partial charge in [-0.25, -0.2) is 0 Å². The van der Waals surface area contributed by atoms with Gasteiger partial charge in [0.15, 0.2) is 0 Å². The number of nitro groups is 1. The largest absolute Gasteiger partial charge is 0.369 e. The van der Waals surface area contributed by atoms with Gasteiger partial charge >= 0.3 is 0 Å². The molecular weight excluding hydrogens is 296 g/mol. The second-order valence-electron chi connectivity index (χ2n) is 4.89. The molecule has 0 amide bonds. The van der Waals surface area contributed by atoms with E-state index < -0.39 is 0 Å². The lowest BCUT2D eigenvalue weighted by molar-refractivity contribution is -0.384. The highest BCUT2D eigenvalue weighted by atomic mass is 79.9. The third-order valence-corrected chi connectivity index (χ3v) is 4.21. The van der Waals surface area contributed by atoms with E-state index in [1.807, 2.05) is 24.1 Å². The first kappa shape index (κ1) is 13.3. The molecule has 2 rings (SSSR count). The van der Waals surface area contributed by atoms with Gasteiger partial charge in [0.25, 0.3) is 5.69 Å². The molecule has 1 fully saturated rings. The van der Waals surface area contributed by atoms with E-state index in [-0.39, 0.29) is 10.6 Å². The van der Waals surface area contributed by atoms with Gasteiger partial charge in [-0.1, -0.05) is 28.4 Å². The molecule has 0 saturated heterocycles. The second-order valence-corrected chi connectivity index (χ2v) is 5.45. The lowest BCUT2D eigenvalue weighted by Gasteiger charge is -2.31. The second kappa shape index (κ2) is 5.69. The average Bonchev–Trinajstić information content (AvgIpc) is 2.32. The highest BCUT2D eigenvalue weighted by Crippen LogP contribution is 2.33. The summed E-state index contributed by atoms with van der Waals surface area (Å²) < 4.78 is 0. The quantitative estimate of drug-likeness (QED) is 0.473. The highest BCUT2D eigenvalue weighted by Gasteiger charge is 2.23. The van der Waals surface area contributed by atoms with Crippen molar-refractivity contribution in [3.05, 3.63) is 33.9 Å². The van der Waals surface area contributed by atoms with Crippen molar-refractivity contribution in [3.63, 3.8) is 0 Å². The molecule has 5 heteroatoms. The molecule has 0 heterocycles. The number of hydrogen-bond donors (Lipinski definition) is 0. The monoisotopic (exact) mass is 312 g/mol. The first-order valence-corrected chi connectivity index (χ1v) is 7.28. The molecule has 1 aliphatic carbocycles. The maximum absolute atomic E-state index is 11.1. The lowest BCUT2D eigenvalue weighted by atomic mass is 9.85. The third kappa shape index (κ3) is 2.83. The molecule has 0 radical (unpaired) electrons. The molecule has 0 atom stereocenters. The molecule has 0 unspecified atom stereocenters. The molecule has 1 saturated carbocycles. The first-order valence-electron chi connectivity index (χ1n) is 6.16. The summed E-state index contributed by atoms with van der Waals surface area (Å²) in [6.45, 7) is 0.911. The molecule has 0 bridgehead atoms. The van der Waals surface area contributed by atoms with Crippen LogP contribution in [0.4, 0.5) is 11.4 Å². The van der Waals surface area contributed by atoms with Crippen LogP contribution in [0, 0.1) is 16.0 Å². The summed E-state index contributed by atoms with van der Waals surface area (Å²) in [5.74, 6) is 0.699. The predicted octanol–water partition coefficient (Wildman–Crippen LogP) is 3.73. The SMILES string of the molecule is CN(CC1CCC1)c1ccc(CBr)cc1[N+](=O)[O-]. The van der Waals surface area contributed by atoms with Crippen LogP contribution in [0.25, 0.3) is 0 Å². The van der Waals surface area contributed by atoms with Crippen LogP contribution in [0.1, 0.15) is 24.8 Å². The minimum Gasteiger partial charge on any atom is -0.369 e. The molecule has 0 spiro atoms. The standard InChI is InChI=1S/C13H17BrN2O2/c1-15(9-10-3-2-4-10)12-6-5-11(8-14)7-13(12)16(17)18/h5-7,10H,2-4,8-9H2,1H3. The number of benzene rings is 1. The van der Waals surface area contributed by atoms with Crippen LogP contribution >= 0.6 is 15.9 Å². The molecule has 18 heavy (non-hydrogen) atoms. The first-order chi connectivity index (χ1) is 8.61. The highest BCUT2D eigenvalue weighted by molar-refractivity contribution is 9.08. The van der Waals surface area contributed by atoms with Crippen molar-refractivity contribution >= 4 is 27.3 Å². The van der Waals surface area contributed by atoms with Crippen LogP contribution in [0.3, 0.4) is 0 Å². The zero-order valence-electron chi connectivity index (χ0n) is 10.4. The van der Waals surface area contributed by atoms with Gasteiger partial charge in [-0.3, -0.25) is 10.1 Å².